The fourth-order valence-corrected chi connectivity index (χ4v) is 4.60. The summed E-state index contributed by atoms with van der Waals surface area (Å²) in [6.45, 7) is 22.7. The van der Waals surface area contributed by atoms with Crippen molar-refractivity contribution in [3.8, 4) is 0 Å². The van der Waals surface area contributed by atoms with Crippen molar-refractivity contribution in [1.82, 2.24) is 0 Å². The smallest absolute Gasteiger partial charge is 0.193 e. The molecule has 1 saturated heterocycles. The Kier molecular flexibility index (Phi) is 4.89. The Morgan fingerprint density at radius 3 is 1.93 bits per heavy atom. The van der Waals surface area contributed by atoms with E-state index in [0.29, 0.717) is 0 Å². The van der Waals surface area contributed by atoms with E-state index in [9.17, 15) is 4.11 Å². The van der Waals surface area contributed by atoms with E-state index in [1.165, 1.54) is 0 Å². The molecule has 0 aromatic rings. The van der Waals surface area contributed by atoms with Crippen LogP contribution in [0.4, 0.5) is 0 Å². The lowest BCUT2D eigenvalue weighted by Crippen LogP contribution is -2.58. The molecule has 7 heteroatoms. The van der Waals surface area contributed by atoms with Crippen LogP contribution < -0.4 is 0 Å². The van der Waals surface area contributed by atoms with E-state index in [1.807, 2.05) is 67.7 Å². The zero-order valence-electron chi connectivity index (χ0n) is 24.5. The van der Waals surface area contributed by atoms with Gasteiger partial charge in [0.25, 0.3) is 0 Å². The van der Waals surface area contributed by atoms with Crippen molar-refractivity contribution in [2.45, 2.75) is 122 Å². The maximum absolute atomic E-state index is 9.68. The molecule has 0 unspecified atom stereocenters. The van der Waals surface area contributed by atoms with Crippen molar-refractivity contribution in [3.05, 3.63) is 10.5 Å². The quantitative estimate of drug-likeness (QED) is 0.410. The van der Waals surface area contributed by atoms with Crippen LogP contribution >= 0.6 is 15.9 Å². The molecule has 0 saturated carbocycles. The molecule has 0 aromatic heterocycles. The van der Waals surface area contributed by atoms with Crippen LogP contribution in [0.15, 0.2) is 10.5 Å². The van der Waals surface area contributed by atoms with Gasteiger partial charge in [0.15, 0.2) is 22.4 Å². The summed E-state index contributed by atoms with van der Waals surface area (Å²) in [4.78, 5) is 0. The maximum Gasteiger partial charge on any atom is 0.193 e. The van der Waals surface area contributed by atoms with E-state index in [-0.39, 0.29) is 14.6 Å². The number of halogens is 1. The summed E-state index contributed by atoms with van der Waals surface area (Å²) in [5, 5.41) is -0.724. The Hall–Kier alpha value is 0.494. The first-order valence-corrected chi connectivity index (χ1v) is 16.4. The van der Waals surface area contributed by atoms with Crippen molar-refractivity contribution >= 4 is 32.6 Å². The first-order valence-electron chi connectivity index (χ1n) is 12.3. The first kappa shape index (κ1) is 18.1. The minimum atomic E-state index is -2.84. The summed E-state index contributed by atoms with van der Waals surface area (Å²) in [7, 11) is -5.62. The van der Waals surface area contributed by atoms with Gasteiger partial charge in [0.05, 0.1) is 12.9 Å². The van der Waals surface area contributed by atoms with Crippen LogP contribution in [-0.2, 0) is 18.3 Å². The number of ether oxygens (including phenoxy) is 2. The largest absolute Gasteiger partial charge is 0.408 e. The summed E-state index contributed by atoms with van der Waals surface area (Å²) < 4.78 is 71.3. The molecule has 0 amide bonds. The van der Waals surface area contributed by atoms with Crippen LogP contribution in [0.5, 0.6) is 0 Å². The van der Waals surface area contributed by atoms with Crippen LogP contribution in [0.2, 0.25) is 36.3 Å². The number of fused-ring (bicyclic) bond motifs is 1. The molecule has 2 aliphatic rings. The SMILES string of the molecule is [2H]C1=C(Br)[C@@]2([2H])OC(C)(C)O[C@@]2([2H])[C@]([2H])(O[Si](C)(C)C(C)(C)C)[C@]1([2H])O[Si](C)(C)C(C)(C)C. The monoisotopic (exact) mass is 497 g/mol. The predicted molar refractivity (Wildman–Crippen MR) is 125 cm³/mol. The van der Waals surface area contributed by atoms with E-state index in [0.717, 1.165) is 0 Å². The number of hydrogen-bond donors (Lipinski definition) is 0. The number of hydrogen-bond acceptors (Lipinski definition) is 4. The van der Waals surface area contributed by atoms with E-state index in [4.69, 9.17) is 21.1 Å². The minimum absolute atomic E-state index is 0.161. The van der Waals surface area contributed by atoms with Gasteiger partial charge in [-0.3, -0.25) is 0 Å². The molecule has 0 spiro atoms. The van der Waals surface area contributed by atoms with E-state index in [2.05, 4.69) is 15.9 Å². The minimum Gasteiger partial charge on any atom is -0.408 e. The molecule has 4 nitrogen and oxygen atoms in total. The summed E-state index contributed by atoms with van der Waals surface area (Å²) >= 11 is 3.28. The normalized spacial score (nSPS) is 45.0. The van der Waals surface area contributed by atoms with Gasteiger partial charge in [-0.25, -0.2) is 0 Å². The van der Waals surface area contributed by atoms with Crippen LogP contribution in [0, 0.1) is 0 Å². The van der Waals surface area contributed by atoms with Gasteiger partial charge >= 0.3 is 0 Å². The lowest BCUT2D eigenvalue weighted by atomic mass is 9.96. The highest BCUT2D eigenvalue weighted by molar-refractivity contribution is 9.11. The molecular weight excluding hydrogens is 452 g/mol. The second-order valence-corrected chi connectivity index (χ2v) is 21.3. The Labute approximate surface area is 190 Å². The Morgan fingerprint density at radius 1 is 1.00 bits per heavy atom. The molecule has 4 atom stereocenters. The Balaban J connectivity index is 2.94. The molecule has 164 valence electrons. The van der Waals surface area contributed by atoms with Crippen molar-refractivity contribution in [1.29, 1.82) is 0 Å². The van der Waals surface area contributed by atoms with Crippen molar-refractivity contribution in [3.63, 3.8) is 0 Å². The van der Waals surface area contributed by atoms with E-state index < -0.39 is 52.8 Å². The van der Waals surface area contributed by atoms with Gasteiger partial charge in [-0.2, -0.15) is 0 Å². The van der Waals surface area contributed by atoms with Crippen molar-refractivity contribution in [2.75, 3.05) is 0 Å². The van der Waals surface area contributed by atoms with Gasteiger partial charge in [0.2, 0.25) is 0 Å². The Bertz CT molecular complexity index is 857. The third-order valence-corrected chi connectivity index (χ3v) is 15.3. The Morgan fingerprint density at radius 2 is 1.46 bits per heavy atom. The fourth-order valence-electron chi connectivity index (χ4n) is 2.20. The third kappa shape index (κ3) is 5.03. The molecule has 1 aliphatic carbocycles. The lowest BCUT2D eigenvalue weighted by molar-refractivity contribution is -0.155. The highest BCUT2D eigenvalue weighted by Gasteiger charge is 2.55. The molecule has 0 N–H and O–H groups in total. The van der Waals surface area contributed by atoms with Crippen LogP contribution in [-0.4, -0.2) is 46.7 Å². The first-order chi connectivity index (χ1) is 14.1. The van der Waals surface area contributed by atoms with Gasteiger partial charge in [-0.15, -0.1) is 0 Å². The zero-order chi connectivity index (χ0) is 26.5. The average molecular weight is 499 g/mol. The van der Waals surface area contributed by atoms with Crippen molar-refractivity contribution in [2.24, 2.45) is 0 Å². The van der Waals surface area contributed by atoms with Gasteiger partial charge in [-0.05, 0) is 56.2 Å². The van der Waals surface area contributed by atoms with Gasteiger partial charge in [0.1, 0.15) is 18.2 Å². The molecule has 1 fully saturated rings. The third-order valence-electron chi connectivity index (χ3n) is 6.06. The summed E-state index contributed by atoms with van der Waals surface area (Å²) in [6, 6.07) is -0.458. The topological polar surface area (TPSA) is 36.9 Å². The molecule has 2 rings (SSSR count). The van der Waals surface area contributed by atoms with Crippen LogP contribution in [0.25, 0.3) is 0 Å². The second-order valence-electron chi connectivity index (χ2n) is 11.1. The standard InChI is InChI=1S/C21H41BrO4Si2/c1-19(2,3)27(9,10)25-15-13-14(22)16-18(24-21(7,8)23-16)17(15)26-28(11,12)20(4,5)6/h13,15-18H,1-12H3/t15-,16-,17-,18-/m1/s1/i13D,15D,16D,17D,18D. The molecule has 0 bridgehead atoms. The van der Waals surface area contributed by atoms with Gasteiger partial charge in [0, 0.05) is 4.48 Å². The summed E-state index contributed by atoms with van der Waals surface area (Å²) in [5.74, 6) is -1.42. The molecule has 28 heavy (non-hydrogen) atoms. The molecule has 1 aliphatic heterocycles. The van der Waals surface area contributed by atoms with Gasteiger partial charge < -0.3 is 18.3 Å². The molecule has 0 aromatic carbocycles. The summed E-state index contributed by atoms with van der Waals surface area (Å²) in [6.07, 6.45) is -9.85. The predicted octanol–water partition coefficient (Wildman–Crippen LogP) is 6.58. The fraction of sp³-hybridized carbons (Fsp3) is 0.905. The lowest BCUT2D eigenvalue weighted by Gasteiger charge is -2.47. The van der Waals surface area contributed by atoms with Gasteiger partial charge in [-0.1, -0.05) is 57.5 Å². The molecule has 0 radical (unpaired) electrons. The highest BCUT2D eigenvalue weighted by Crippen LogP contribution is 2.46. The average Bonchev–Trinajstić information content (AvgIpc) is 2.75. The van der Waals surface area contributed by atoms with Crippen LogP contribution in [0.3, 0.4) is 0 Å². The number of rotatable bonds is 4. The molecule has 1 heterocycles. The van der Waals surface area contributed by atoms with E-state index in [1.54, 1.807) is 13.8 Å². The zero-order valence-corrected chi connectivity index (χ0v) is 23.1. The maximum atomic E-state index is 9.68. The van der Waals surface area contributed by atoms with Crippen LogP contribution in [0.1, 0.15) is 62.2 Å². The second kappa shape index (κ2) is 7.57. The van der Waals surface area contributed by atoms with Crippen molar-refractivity contribution < 1.29 is 25.2 Å². The molecular formula is C21H41BrO4Si2. The highest BCUT2D eigenvalue weighted by atomic mass is 79.9. The van der Waals surface area contributed by atoms with E-state index >= 15 is 0 Å². The summed E-state index contributed by atoms with van der Waals surface area (Å²) in [5.41, 5.74) is 0.